The van der Waals surface area contributed by atoms with Crippen LogP contribution in [0.4, 0.5) is 24.7 Å². The first-order valence-electron chi connectivity index (χ1n) is 9.38. The molecule has 31 heavy (non-hydrogen) atoms. The number of amides is 2. The summed E-state index contributed by atoms with van der Waals surface area (Å²) in [6.45, 7) is 0.647. The average molecular weight is 457 g/mol. The molecule has 1 aromatic heterocycles. The molecule has 1 unspecified atom stereocenters. The van der Waals surface area contributed by atoms with Crippen LogP contribution < -0.4 is 20.3 Å². The maximum atomic E-state index is 12.6. The predicted molar refractivity (Wildman–Crippen MR) is 109 cm³/mol. The Morgan fingerprint density at radius 1 is 1.29 bits per heavy atom. The van der Waals surface area contributed by atoms with Crippen molar-refractivity contribution in [1.82, 2.24) is 10.3 Å². The normalized spacial score (nSPS) is 16.4. The first-order valence-corrected chi connectivity index (χ1v) is 9.75. The highest BCUT2D eigenvalue weighted by Crippen LogP contribution is 2.32. The van der Waals surface area contributed by atoms with E-state index in [0.29, 0.717) is 17.6 Å². The van der Waals surface area contributed by atoms with Gasteiger partial charge in [-0.3, -0.25) is 9.59 Å². The molecule has 0 radical (unpaired) electrons. The molecule has 1 aromatic carbocycles. The molecule has 3 rings (SSSR count). The lowest BCUT2D eigenvalue weighted by Gasteiger charge is -2.17. The van der Waals surface area contributed by atoms with E-state index in [1.807, 2.05) is 0 Å². The molecule has 2 aromatic rings. The van der Waals surface area contributed by atoms with Crippen LogP contribution >= 0.6 is 11.6 Å². The molecule has 166 valence electrons. The zero-order valence-electron chi connectivity index (χ0n) is 16.5. The number of hydrogen-bond donors (Lipinski definition) is 2. The van der Waals surface area contributed by atoms with Gasteiger partial charge in [-0.2, -0.15) is 13.2 Å². The number of nitrogens with one attached hydrogen (secondary N) is 2. The van der Waals surface area contributed by atoms with Crippen molar-refractivity contribution in [2.45, 2.75) is 12.6 Å². The number of carbonyl (C=O) groups excluding carboxylic acids is 2. The molecule has 2 N–H and O–H groups in total. The highest BCUT2D eigenvalue weighted by molar-refractivity contribution is 6.32. The summed E-state index contributed by atoms with van der Waals surface area (Å²) >= 11 is 5.83. The summed E-state index contributed by atoms with van der Waals surface area (Å²) in [7, 11) is 1.55. The quantitative estimate of drug-likeness (QED) is 0.624. The molecule has 0 aliphatic carbocycles. The third-order valence-electron chi connectivity index (χ3n) is 4.77. The van der Waals surface area contributed by atoms with Gasteiger partial charge in [0, 0.05) is 37.9 Å². The van der Waals surface area contributed by atoms with Crippen LogP contribution in [0.15, 0.2) is 36.5 Å². The van der Waals surface area contributed by atoms with E-state index in [0.717, 1.165) is 6.07 Å². The summed E-state index contributed by atoms with van der Waals surface area (Å²) in [4.78, 5) is 29.9. The maximum absolute atomic E-state index is 12.6. The number of carbonyl (C=O) groups is 2. The van der Waals surface area contributed by atoms with Crippen molar-refractivity contribution in [3.63, 3.8) is 0 Å². The van der Waals surface area contributed by atoms with Crippen molar-refractivity contribution in [2.75, 3.05) is 37.0 Å². The van der Waals surface area contributed by atoms with Crippen LogP contribution in [0.25, 0.3) is 0 Å². The molecule has 1 fully saturated rings. The van der Waals surface area contributed by atoms with Gasteiger partial charge in [0.05, 0.1) is 23.6 Å². The lowest BCUT2D eigenvalue weighted by Crippen LogP contribution is -2.35. The summed E-state index contributed by atoms with van der Waals surface area (Å²) in [6, 6.07) is 7.76. The zero-order chi connectivity index (χ0) is 22.6. The second kappa shape index (κ2) is 9.42. The largest absolute Gasteiger partial charge is 0.497 e. The number of rotatable bonds is 7. The fourth-order valence-electron chi connectivity index (χ4n) is 3.13. The third kappa shape index (κ3) is 5.57. The van der Waals surface area contributed by atoms with E-state index >= 15 is 0 Å². The summed E-state index contributed by atoms with van der Waals surface area (Å²) in [5.74, 6) is -0.172. The average Bonchev–Trinajstić information content (AvgIpc) is 3.13. The predicted octanol–water partition coefficient (Wildman–Crippen LogP) is 3.34. The van der Waals surface area contributed by atoms with Gasteiger partial charge in [-0.25, -0.2) is 4.98 Å². The van der Waals surface area contributed by atoms with Gasteiger partial charge in [0.15, 0.2) is 0 Å². The Balaban J connectivity index is 1.47. The summed E-state index contributed by atoms with van der Waals surface area (Å²) in [6.07, 6.45) is -3.75. The van der Waals surface area contributed by atoms with Crippen molar-refractivity contribution >= 4 is 34.9 Å². The van der Waals surface area contributed by atoms with Gasteiger partial charge in [0.25, 0.3) is 0 Å². The minimum atomic E-state index is -4.53. The number of ether oxygens (including phenoxy) is 1. The summed E-state index contributed by atoms with van der Waals surface area (Å²) in [5, 5.41) is 5.32. The summed E-state index contributed by atoms with van der Waals surface area (Å²) < 4.78 is 43.0. The Hall–Kier alpha value is -3.01. The molecule has 2 amide bonds. The van der Waals surface area contributed by atoms with E-state index in [2.05, 4.69) is 15.6 Å². The number of aromatic nitrogens is 1. The molecule has 1 atom stereocenters. The van der Waals surface area contributed by atoms with Gasteiger partial charge in [0.2, 0.25) is 11.8 Å². The Morgan fingerprint density at radius 3 is 2.61 bits per heavy atom. The van der Waals surface area contributed by atoms with Crippen LogP contribution in [0.1, 0.15) is 12.0 Å². The van der Waals surface area contributed by atoms with Gasteiger partial charge in [-0.15, -0.1) is 0 Å². The number of anilines is 2. The zero-order valence-corrected chi connectivity index (χ0v) is 17.3. The van der Waals surface area contributed by atoms with Crippen molar-refractivity contribution in [2.24, 2.45) is 5.92 Å². The van der Waals surface area contributed by atoms with Gasteiger partial charge >= 0.3 is 6.18 Å². The molecule has 1 saturated heterocycles. The number of alkyl halides is 3. The maximum Gasteiger partial charge on any atom is 0.417 e. The van der Waals surface area contributed by atoms with Crippen molar-refractivity contribution in [1.29, 1.82) is 0 Å². The Morgan fingerprint density at radius 2 is 2.00 bits per heavy atom. The minimum absolute atomic E-state index is 0.0886. The van der Waals surface area contributed by atoms with E-state index in [4.69, 9.17) is 16.3 Å². The van der Waals surface area contributed by atoms with Crippen molar-refractivity contribution < 1.29 is 27.5 Å². The molecular formula is C20H20ClF3N4O3. The van der Waals surface area contributed by atoms with Crippen molar-refractivity contribution in [3.05, 3.63) is 47.1 Å². The van der Waals surface area contributed by atoms with E-state index in [1.165, 1.54) is 0 Å². The smallest absolute Gasteiger partial charge is 0.417 e. The van der Waals surface area contributed by atoms with E-state index in [9.17, 15) is 22.8 Å². The number of pyridine rings is 1. The molecule has 2 heterocycles. The lowest BCUT2D eigenvalue weighted by molar-refractivity contribution is -0.137. The first-order chi connectivity index (χ1) is 14.7. The second-order valence-corrected chi connectivity index (χ2v) is 7.28. The molecule has 1 aliphatic rings. The fraction of sp³-hybridized carbons (Fsp3) is 0.350. The number of halogens is 4. The second-order valence-electron chi connectivity index (χ2n) is 6.87. The SMILES string of the molecule is COc1ccc(N2CC(C(=O)NCCNc3ncc(C(F)(F)F)cc3Cl)CC2=O)cc1. The van der Waals surface area contributed by atoms with Crippen LogP contribution in [-0.4, -0.2) is 43.5 Å². The molecule has 0 saturated carbocycles. The minimum Gasteiger partial charge on any atom is -0.497 e. The number of benzene rings is 1. The highest BCUT2D eigenvalue weighted by Gasteiger charge is 2.35. The Kier molecular flexibility index (Phi) is 6.89. The van der Waals surface area contributed by atoms with Crippen LogP contribution in [0.5, 0.6) is 5.75 Å². The topological polar surface area (TPSA) is 83.6 Å². The fourth-order valence-corrected chi connectivity index (χ4v) is 3.36. The molecule has 7 nitrogen and oxygen atoms in total. The van der Waals surface area contributed by atoms with Crippen molar-refractivity contribution in [3.8, 4) is 5.75 Å². The third-order valence-corrected chi connectivity index (χ3v) is 5.05. The highest BCUT2D eigenvalue weighted by atomic mass is 35.5. The van der Waals surface area contributed by atoms with Gasteiger partial charge in [0.1, 0.15) is 11.6 Å². The number of hydrogen-bond acceptors (Lipinski definition) is 5. The van der Waals surface area contributed by atoms with E-state index in [1.54, 1.807) is 36.3 Å². The lowest BCUT2D eigenvalue weighted by atomic mass is 10.1. The summed E-state index contributed by atoms with van der Waals surface area (Å²) in [5.41, 5.74) is -0.255. The number of methoxy groups -OCH3 is 1. The van der Waals surface area contributed by atoms with E-state index < -0.39 is 17.7 Å². The molecule has 0 bridgehead atoms. The van der Waals surface area contributed by atoms with Crippen LogP contribution in [0.3, 0.4) is 0 Å². The Bertz CT molecular complexity index is 954. The molecule has 11 heteroatoms. The van der Waals surface area contributed by atoms with Crippen LogP contribution in [0, 0.1) is 5.92 Å². The standard InChI is InChI=1S/C20H20ClF3N4O3/c1-31-15-4-2-14(3-5-15)28-11-12(8-17(28)29)19(30)26-7-6-25-18-16(21)9-13(10-27-18)20(22,23)24/h2-5,9-10,12H,6-8,11H2,1H3,(H,25,27)(H,26,30). The Labute approximate surface area is 181 Å². The monoisotopic (exact) mass is 456 g/mol. The van der Waals surface area contributed by atoms with Gasteiger partial charge in [-0.1, -0.05) is 11.6 Å². The first kappa shape index (κ1) is 22.7. The van der Waals surface area contributed by atoms with Gasteiger partial charge in [-0.05, 0) is 30.3 Å². The van der Waals surface area contributed by atoms with Crippen LogP contribution in [0.2, 0.25) is 5.02 Å². The van der Waals surface area contributed by atoms with Crippen LogP contribution in [-0.2, 0) is 15.8 Å². The van der Waals surface area contributed by atoms with Gasteiger partial charge < -0.3 is 20.3 Å². The molecule has 0 spiro atoms. The van der Waals surface area contributed by atoms with E-state index in [-0.39, 0.29) is 48.7 Å². The molecular weight excluding hydrogens is 437 g/mol. The molecule has 1 aliphatic heterocycles. The number of nitrogens with zero attached hydrogens (tertiary/aromatic N) is 2.